The predicted octanol–water partition coefficient (Wildman–Crippen LogP) is 6.04. The number of Topliss-reactive ketones (excluding diaryl/α,β-unsaturated/α-hetero) is 1. The van der Waals surface area contributed by atoms with E-state index in [9.17, 15) is 14.4 Å². The Labute approximate surface area is 230 Å². The molecule has 1 heterocycles. The Balaban J connectivity index is 1.78. The van der Waals surface area contributed by atoms with Crippen molar-refractivity contribution in [1.82, 2.24) is 10.2 Å². The van der Waals surface area contributed by atoms with Crippen LogP contribution in [-0.4, -0.2) is 35.6 Å². The van der Waals surface area contributed by atoms with E-state index in [1.165, 1.54) is 0 Å². The summed E-state index contributed by atoms with van der Waals surface area (Å²) < 4.78 is 0.756. The number of carbonyl (C=O) groups is 3. The number of rotatable bonds is 6. The molecule has 5 rings (SSSR count). The molecule has 4 aromatic rings. The molecule has 190 valence electrons. The molecule has 0 bridgehead atoms. The van der Waals surface area contributed by atoms with Crippen LogP contribution < -0.4 is 5.32 Å². The molecule has 0 aliphatic carbocycles. The molecule has 6 heteroatoms. The highest BCUT2D eigenvalue weighted by Gasteiger charge is 2.57. The van der Waals surface area contributed by atoms with Crippen LogP contribution in [0.4, 0.5) is 0 Å². The Morgan fingerprint density at radius 3 is 1.84 bits per heavy atom. The van der Waals surface area contributed by atoms with Crippen LogP contribution in [0.1, 0.15) is 43.8 Å². The van der Waals surface area contributed by atoms with Gasteiger partial charge in [-0.3, -0.25) is 14.4 Å². The lowest BCUT2D eigenvalue weighted by Gasteiger charge is -2.31. The number of likely N-dealkylation sites (tertiary alicyclic amines) is 1. The van der Waals surface area contributed by atoms with Gasteiger partial charge >= 0.3 is 0 Å². The maximum atomic E-state index is 14.4. The summed E-state index contributed by atoms with van der Waals surface area (Å²) in [4.78, 5) is 44.0. The van der Waals surface area contributed by atoms with Crippen molar-refractivity contribution in [2.75, 3.05) is 7.05 Å². The van der Waals surface area contributed by atoms with E-state index in [0.29, 0.717) is 11.1 Å². The standard InChI is InChI=1S/C32H27BrN2O3/c1-34-31(37)29-26(21-12-5-2-6-13-21)27(30(36)23-16-9-4-10-17-23)28(22-14-7-3-8-15-22)35(29)32(38)24-18-11-19-25(33)20-24/h2-20,26-29H,1H3,(H,34,37). The third-order valence-corrected chi connectivity index (χ3v) is 7.67. The maximum Gasteiger partial charge on any atom is 0.255 e. The van der Waals surface area contributed by atoms with Crippen LogP contribution >= 0.6 is 15.9 Å². The molecule has 0 radical (unpaired) electrons. The summed E-state index contributed by atoms with van der Waals surface area (Å²) in [6.45, 7) is 0. The maximum absolute atomic E-state index is 14.4. The van der Waals surface area contributed by atoms with Gasteiger partial charge in [0.05, 0.1) is 12.0 Å². The summed E-state index contributed by atoms with van der Waals surface area (Å²) >= 11 is 3.47. The quantitative estimate of drug-likeness (QED) is 0.289. The molecular weight excluding hydrogens is 540 g/mol. The molecule has 1 N–H and O–H groups in total. The molecule has 4 aromatic carbocycles. The van der Waals surface area contributed by atoms with Crippen molar-refractivity contribution in [3.05, 3.63) is 142 Å². The molecular formula is C32H27BrN2O3. The summed E-state index contributed by atoms with van der Waals surface area (Å²) in [6.07, 6.45) is 0. The van der Waals surface area contributed by atoms with E-state index in [1.807, 2.05) is 84.9 Å². The first-order chi connectivity index (χ1) is 18.5. The van der Waals surface area contributed by atoms with Crippen LogP contribution in [0.2, 0.25) is 0 Å². The monoisotopic (exact) mass is 566 g/mol. The molecule has 38 heavy (non-hydrogen) atoms. The summed E-state index contributed by atoms with van der Waals surface area (Å²) in [6, 6.07) is 33.8. The number of amides is 2. The van der Waals surface area contributed by atoms with Crippen LogP contribution in [0.25, 0.3) is 0 Å². The highest BCUT2D eigenvalue weighted by molar-refractivity contribution is 9.10. The normalized spacial score (nSPS) is 20.6. The second-order valence-corrected chi connectivity index (χ2v) is 10.2. The number of hydrogen-bond donors (Lipinski definition) is 1. The van der Waals surface area contributed by atoms with Crippen molar-refractivity contribution in [3.8, 4) is 0 Å². The molecule has 0 saturated carbocycles. The molecule has 1 saturated heterocycles. The number of nitrogens with one attached hydrogen (secondary N) is 1. The van der Waals surface area contributed by atoms with Crippen molar-refractivity contribution in [2.45, 2.75) is 18.0 Å². The molecule has 0 aromatic heterocycles. The average Bonchev–Trinajstić information content (AvgIpc) is 3.33. The summed E-state index contributed by atoms with van der Waals surface area (Å²) in [5.74, 6) is -1.98. The second-order valence-electron chi connectivity index (χ2n) is 9.33. The number of ketones is 1. The minimum absolute atomic E-state index is 0.105. The fraction of sp³-hybridized carbons (Fsp3) is 0.156. The van der Waals surface area contributed by atoms with Crippen LogP contribution in [-0.2, 0) is 4.79 Å². The molecule has 5 nitrogen and oxygen atoms in total. The Kier molecular flexibility index (Phi) is 7.52. The van der Waals surface area contributed by atoms with Crippen LogP contribution in [0, 0.1) is 5.92 Å². The first kappa shape index (κ1) is 25.6. The summed E-state index contributed by atoms with van der Waals surface area (Å²) in [7, 11) is 1.57. The number of nitrogens with zero attached hydrogens (tertiary/aromatic N) is 1. The van der Waals surface area contributed by atoms with Gasteiger partial charge in [0.1, 0.15) is 6.04 Å². The van der Waals surface area contributed by atoms with Crippen molar-refractivity contribution in [1.29, 1.82) is 0 Å². The van der Waals surface area contributed by atoms with Gasteiger partial charge in [-0.05, 0) is 29.3 Å². The van der Waals surface area contributed by atoms with E-state index >= 15 is 0 Å². The number of likely N-dealkylation sites (N-methyl/N-ethyl adjacent to an activating group) is 1. The van der Waals surface area contributed by atoms with Crippen LogP contribution in [0.5, 0.6) is 0 Å². The van der Waals surface area contributed by atoms with Gasteiger partial charge in [0.25, 0.3) is 5.91 Å². The highest BCUT2D eigenvalue weighted by Crippen LogP contribution is 2.51. The van der Waals surface area contributed by atoms with Gasteiger partial charge in [-0.15, -0.1) is 0 Å². The Morgan fingerprint density at radius 1 is 0.711 bits per heavy atom. The van der Waals surface area contributed by atoms with Gasteiger partial charge in [-0.2, -0.15) is 0 Å². The zero-order chi connectivity index (χ0) is 26.6. The second kappa shape index (κ2) is 11.2. The fourth-order valence-corrected chi connectivity index (χ4v) is 5.96. The predicted molar refractivity (Wildman–Crippen MR) is 151 cm³/mol. The van der Waals surface area contributed by atoms with Gasteiger partial charge in [0.15, 0.2) is 5.78 Å². The van der Waals surface area contributed by atoms with E-state index in [4.69, 9.17) is 0 Å². The van der Waals surface area contributed by atoms with Crippen LogP contribution in [0.3, 0.4) is 0 Å². The van der Waals surface area contributed by atoms with Gasteiger partial charge in [0.2, 0.25) is 5.91 Å². The lowest BCUT2D eigenvalue weighted by atomic mass is 9.76. The van der Waals surface area contributed by atoms with E-state index in [-0.39, 0.29) is 17.6 Å². The van der Waals surface area contributed by atoms with Crippen molar-refractivity contribution in [3.63, 3.8) is 0 Å². The molecule has 0 spiro atoms. The van der Waals surface area contributed by atoms with Crippen molar-refractivity contribution >= 4 is 33.5 Å². The molecule has 1 aliphatic heterocycles. The minimum atomic E-state index is -0.906. The number of halogens is 1. The summed E-state index contributed by atoms with van der Waals surface area (Å²) in [5.41, 5.74) is 2.62. The first-order valence-corrected chi connectivity index (χ1v) is 13.3. The molecule has 2 amide bonds. The minimum Gasteiger partial charge on any atom is -0.357 e. The lowest BCUT2D eigenvalue weighted by molar-refractivity contribution is -0.125. The Bertz CT molecular complexity index is 1440. The molecule has 4 atom stereocenters. The third kappa shape index (κ3) is 4.79. The number of carbonyl (C=O) groups excluding carboxylic acids is 3. The van der Waals surface area contributed by atoms with E-state index < -0.39 is 23.9 Å². The largest absolute Gasteiger partial charge is 0.357 e. The Morgan fingerprint density at radius 2 is 1.26 bits per heavy atom. The molecule has 4 unspecified atom stereocenters. The average molecular weight is 567 g/mol. The fourth-order valence-electron chi connectivity index (χ4n) is 5.56. The lowest BCUT2D eigenvalue weighted by Crippen LogP contribution is -2.47. The molecule has 1 aliphatic rings. The zero-order valence-corrected chi connectivity index (χ0v) is 22.4. The van der Waals surface area contributed by atoms with Gasteiger partial charge in [-0.1, -0.05) is 113 Å². The SMILES string of the molecule is CNC(=O)C1C(c2ccccc2)C(C(=O)c2ccccc2)C(c2ccccc2)N1C(=O)c1cccc(Br)c1. The van der Waals surface area contributed by atoms with Crippen LogP contribution in [0.15, 0.2) is 120 Å². The smallest absolute Gasteiger partial charge is 0.255 e. The number of hydrogen-bond acceptors (Lipinski definition) is 3. The Hall–Kier alpha value is -4.03. The zero-order valence-electron chi connectivity index (χ0n) is 20.8. The highest BCUT2D eigenvalue weighted by atomic mass is 79.9. The topological polar surface area (TPSA) is 66.5 Å². The third-order valence-electron chi connectivity index (χ3n) is 7.17. The number of benzene rings is 4. The van der Waals surface area contributed by atoms with E-state index in [2.05, 4.69) is 21.2 Å². The molecule has 1 fully saturated rings. The van der Waals surface area contributed by atoms with Crippen molar-refractivity contribution < 1.29 is 14.4 Å². The van der Waals surface area contributed by atoms with Gasteiger partial charge in [-0.25, -0.2) is 0 Å². The van der Waals surface area contributed by atoms with E-state index in [0.717, 1.165) is 15.6 Å². The first-order valence-electron chi connectivity index (χ1n) is 12.5. The van der Waals surface area contributed by atoms with Gasteiger partial charge < -0.3 is 10.2 Å². The summed E-state index contributed by atoms with van der Waals surface area (Å²) in [5, 5.41) is 2.77. The van der Waals surface area contributed by atoms with E-state index in [1.54, 1.807) is 42.3 Å². The van der Waals surface area contributed by atoms with Gasteiger partial charge in [0, 0.05) is 28.6 Å². The van der Waals surface area contributed by atoms with Crippen molar-refractivity contribution in [2.24, 2.45) is 5.92 Å².